The Kier molecular flexibility index (Phi) is 3.99. The predicted molar refractivity (Wildman–Crippen MR) is 82.0 cm³/mol. The lowest BCUT2D eigenvalue weighted by molar-refractivity contribution is 0.115. The minimum absolute atomic E-state index is 0.582. The molecule has 2 unspecified atom stereocenters. The molecule has 3 rings (SSSR count). The molecule has 1 aromatic carbocycles. The van der Waals surface area contributed by atoms with E-state index in [1.54, 1.807) is 0 Å². The highest BCUT2D eigenvalue weighted by Crippen LogP contribution is 2.30. The second kappa shape index (κ2) is 5.72. The molecule has 1 aromatic rings. The van der Waals surface area contributed by atoms with Crippen molar-refractivity contribution in [1.82, 2.24) is 4.90 Å². The highest BCUT2D eigenvalue weighted by Gasteiger charge is 2.33. The van der Waals surface area contributed by atoms with Gasteiger partial charge in [-0.1, -0.05) is 24.6 Å². The zero-order valence-electron chi connectivity index (χ0n) is 11.7. The van der Waals surface area contributed by atoms with Gasteiger partial charge in [-0.25, -0.2) is 0 Å². The maximum Gasteiger partial charge on any atom is 0.0494 e. The Morgan fingerprint density at radius 1 is 1.21 bits per heavy atom. The first-order chi connectivity index (χ1) is 9.29. The Bertz CT molecular complexity index is 435. The normalized spacial score (nSPS) is 28.2. The van der Waals surface area contributed by atoms with Gasteiger partial charge in [-0.15, -0.1) is 11.6 Å². The van der Waals surface area contributed by atoms with Crippen LogP contribution in [0.25, 0.3) is 0 Å². The van der Waals surface area contributed by atoms with E-state index >= 15 is 0 Å². The number of hydrogen-bond donors (Lipinski definition) is 0. The van der Waals surface area contributed by atoms with Crippen LogP contribution in [-0.2, 0) is 5.88 Å². The van der Waals surface area contributed by atoms with E-state index in [0.29, 0.717) is 11.9 Å². The fraction of sp³-hybridized carbons (Fsp3) is 0.625. The molecule has 19 heavy (non-hydrogen) atoms. The Morgan fingerprint density at radius 3 is 2.89 bits per heavy atom. The lowest BCUT2D eigenvalue weighted by Crippen LogP contribution is -2.59. The van der Waals surface area contributed by atoms with Crippen LogP contribution in [0.2, 0.25) is 0 Å². The minimum Gasteiger partial charge on any atom is -0.366 e. The molecule has 2 aliphatic rings. The first-order valence-electron chi connectivity index (χ1n) is 7.44. The van der Waals surface area contributed by atoms with E-state index in [9.17, 15) is 0 Å². The van der Waals surface area contributed by atoms with Crippen molar-refractivity contribution < 1.29 is 0 Å². The molecule has 0 amide bonds. The van der Waals surface area contributed by atoms with Crippen LogP contribution in [0.3, 0.4) is 0 Å². The van der Waals surface area contributed by atoms with Gasteiger partial charge in [0.05, 0.1) is 0 Å². The van der Waals surface area contributed by atoms with Crippen molar-refractivity contribution in [1.29, 1.82) is 0 Å². The summed E-state index contributed by atoms with van der Waals surface area (Å²) in [5.74, 6) is 0.605. The van der Waals surface area contributed by atoms with Crippen molar-refractivity contribution in [3.05, 3.63) is 29.8 Å². The predicted octanol–water partition coefficient (Wildman–Crippen LogP) is 3.49. The van der Waals surface area contributed by atoms with Crippen molar-refractivity contribution in [3.63, 3.8) is 0 Å². The maximum atomic E-state index is 6.10. The van der Waals surface area contributed by atoms with Gasteiger partial charge in [-0.2, -0.15) is 0 Å². The van der Waals surface area contributed by atoms with Crippen LogP contribution in [0, 0.1) is 0 Å². The van der Waals surface area contributed by atoms with Crippen molar-refractivity contribution in [3.8, 4) is 0 Å². The summed E-state index contributed by atoms with van der Waals surface area (Å²) >= 11 is 6.10. The van der Waals surface area contributed by atoms with E-state index in [-0.39, 0.29) is 0 Å². The number of nitrogens with zero attached hydrogens (tertiary/aromatic N) is 2. The smallest absolute Gasteiger partial charge is 0.0494 e. The first-order valence-corrected chi connectivity index (χ1v) is 7.97. The zero-order chi connectivity index (χ0) is 13.2. The minimum atomic E-state index is 0.582. The van der Waals surface area contributed by atoms with Crippen LogP contribution in [0.15, 0.2) is 24.3 Å². The summed E-state index contributed by atoms with van der Waals surface area (Å²) in [6, 6.07) is 9.93. The number of anilines is 1. The number of fused-ring (bicyclic) bond motifs is 1. The molecule has 3 heteroatoms. The molecular formula is C16H23ClN2. The molecule has 2 nitrogen and oxygen atoms in total. The maximum absolute atomic E-state index is 6.10. The van der Waals surface area contributed by atoms with E-state index in [4.69, 9.17) is 11.6 Å². The Balaban J connectivity index is 1.83. The molecule has 104 valence electrons. The fourth-order valence-electron chi connectivity index (χ4n) is 3.59. The van der Waals surface area contributed by atoms with Crippen molar-refractivity contribution in [2.24, 2.45) is 0 Å². The molecule has 2 atom stereocenters. The lowest BCUT2D eigenvalue weighted by atomic mass is 9.96. The highest BCUT2D eigenvalue weighted by atomic mass is 35.5. The number of piperazine rings is 1. The summed E-state index contributed by atoms with van der Waals surface area (Å²) in [5, 5.41) is 0. The molecule has 0 spiro atoms. The van der Waals surface area contributed by atoms with E-state index in [2.05, 4.69) is 41.0 Å². The van der Waals surface area contributed by atoms with Gasteiger partial charge in [0.1, 0.15) is 0 Å². The van der Waals surface area contributed by atoms with Crippen LogP contribution < -0.4 is 4.90 Å². The van der Waals surface area contributed by atoms with Gasteiger partial charge in [-0.05, 0) is 37.9 Å². The van der Waals surface area contributed by atoms with E-state index in [0.717, 1.165) is 12.6 Å². The molecule has 0 aromatic heterocycles. The lowest BCUT2D eigenvalue weighted by Gasteiger charge is -2.48. The monoisotopic (exact) mass is 278 g/mol. The van der Waals surface area contributed by atoms with Gasteiger partial charge in [-0.3, -0.25) is 4.90 Å². The Morgan fingerprint density at radius 2 is 2.05 bits per heavy atom. The summed E-state index contributed by atoms with van der Waals surface area (Å²) in [4.78, 5) is 5.26. The van der Waals surface area contributed by atoms with Crippen LogP contribution in [0.1, 0.15) is 31.7 Å². The SMILES string of the molecule is CC1CN2CCCCC2CN1c1ccccc1CCl. The summed E-state index contributed by atoms with van der Waals surface area (Å²) < 4.78 is 0. The molecule has 0 bridgehead atoms. The van der Waals surface area contributed by atoms with Crippen LogP contribution in [-0.4, -0.2) is 36.6 Å². The number of alkyl halides is 1. The number of halogens is 1. The fourth-order valence-corrected chi connectivity index (χ4v) is 3.82. The number of rotatable bonds is 2. The van der Waals surface area contributed by atoms with Gasteiger partial charge in [0, 0.05) is 36.7 Å². The molecule has 2 heterocycles. The average molecular weight is 279 g/mol. The number of piperidine rings is 1. The Labute approximate surface area is 121 Å². The van der Waals surface area contributed by atoms with Crippen LogP contribution >= 0.6 is 11.6 Å². The third-order valence-electron chi connectivity index (χ3n) is 4.63. The van der Waals surface area contributed by atoms with Gasteiger partial charge in [0.2, 0.25) is 0 Å². The third kappa shape index (κ3) is 2.61. The molecule has 2 fully saturated rings. The number of para-hydroxylation sites is 1. The first kappa shape index (κ1) is 13.3. The van der Waals surface area contributed by atoms with Gasteiger partial charge in [0.15, 0.2) is 0 Å². The van der Waals surface area contributed by atoms with E-state index < -0.39 is 0 Å². The van der Waals surface area contributed by atoms with Crippen LogP contribution in [0.4, 0.5) is 5.69 Å². The Hall–Kier alpha value is -0.730. The number of hydrogen-bond acceptors (Lipinski definition) is 2. The molecule has 0 aliphatic carbocycles. The number of benzene rings is 1. The standard InChI is InChI=1S/C16H23ClN2/c1-13-11-18-9-5-4-7-15(18)12-19(13)16-8-3-2-6-14(16)10-17/h2-3,6,8,13,15H,4-5,7,9-12H2,1H3. The summed E-state index contributed by atoms with van der Waals surface area (Å²) in [5.41, 5.74) is 2.61. The van der Waals surface area contributed by atoms with E-state index in [1.807, 2.05) is 0 Å². The van der Waals surface area contributed by atoms with Gasteiger partial charge >= 0.3 is 0 Å². The summed E-state index contributed by atoms with van der Waals surface area (Å²) in [6.07, 6.45) is 4.12. The summed E-state index contributed by atoms with van der Waals surface area (Å²) in [7, 11) is 0. The largest absolute Gasteiger partial charge is 0.366 e. The summed E-state index contributed by atoms with van der Waals surface area (Å²) in [6.45, 7) is 5.99. The second-order valence-electron chi connectivity index (χ2n) is 5.91. The molecule has 0 N–H and O–H groups in total. The molecular weight excluding hydrogens is 256 g/mol. The van der Waals surface area contributed by atoms with Crippen LogP contribution in [0.5, 0.6) is 0 Å². The topological polar surface area (TPSA) is 6.48 Å². The zero-order valence-corrected chi connectivity index (χ0v) is 12.4. The quantitative estimate of drug-likeness (QED) is 0.764. The average Bonchev–Trinajstić information content (AvgIpc) is 2.46. The van der Waals surface area contributed by atoms with Crippen molar-refractivity contribution >= 4 is 17.3 Å². The molecule has 0 radical (unpaired) electrons. The highest BCUT2D eigenvalue weighted by molar-refractivity contribution is 6.17. The molecule has 2 aliphatic heterocycles. The van der Waals surface area contributed by atoms with E-state index in [1.165, 1.54) is 43.6 Å². The molecule has 0 saturated carbocycles. The van der Waals surface area contributed by atoms with Crippen molar-refractivity contribution in [2.45, 2.75) is 44.1 Å². The molecule has 2 saturated heterocycles. The van der Waals surface area contributed by atoms with Gasteiger partial charge < -0.3 is 4.90 Å². The second-order valence-corrected chi connectivity index (χ2v) is 6.18. The third-order valence-corrected chi connectivity index (χ3v) is 4.92. The van der Waals surface area contributed by atoms with Crippen molar-refractivity contribution in [2.75, 3.05) is 24.5 Å². The van der Waals surface area contributed by atoms with Gasteiger partial charge in [0.25, 0.3) is 0 Å².